The molecule has 110 valence electrons. The van der Waals surface area contributed by atoms with Gasteiger partial charge in [-0.15, -0.1) is 0 Å². The lowest BCUT2D eigenvalue weighted by Gasteiger charge is -2.18. The van der Waals surface area contributed by atoms with Crippen LogP contribution in [0.4, 0.5) is 8.78 Å². The molecule has 0 bridgehead atoms. The van der Waals surface area contributed by atoms with Crippen molar-refractivity contribution in [3.05, 3.63) is 66.8 Å². The van der Waals surface area contributed by atoms with Crippen LogP contribution in [0.2, 0.25) is 0 Å². The molecule has 2 rings (SSSR count). The minimum atomic E-state index is -2.66. The molecule has 6 heteroatoms. The van der Waals surface area contributed by atoms with Crippen molar-refractivity contribution in [1.29, 1.82) is 0 Å². The van der Waals surface area contributed by atoms with Crippen molar-refractivity contribution in [2.75, 3.05) is 0 Å². The maximum Gasteiger partial charge on any atom is 0.319 e. The van der Waals surface area contributed by atoms with Gasteiger partial charge in [-0.2, -0.15) is 8.78 Å². The molecule has 0 radical (unpaired) electrons. The topological polar surface area (TPSA) is 46.9 Å². The maximum absolute atomic E-state index is 12.9. The lowest BCUT2D eigenvalue weighted by Crippen LogP contribution is -2.29. The Hall–Kier alpha value is -2.50. The molecule has 0 aliphatic heterocycles. The minimum Gasteiger partial charge on any atom is -0.345 e. The average molecular weight is 291 g/mol. The van der Waals surface area contributed by atoms with Crippen molar-refractivity contribution in [3.63, 3.8) is 0 Å². The number of hydrogen-bond acceptors (Lipinski definition) is 2. The lowest BCUT2D eigenvalue weighted by atomic mass is 10.0. The van der Waals surface area contributed by atoms with E-state index in [1.807, 2.05) is 30.3 Å². The zero-order chi connectivity index (χ0) is 15.2. The first kappa shape index (κ1) is 14.9. The van der Waals surface area contributed by atoms with Crippen LogP contribution in [-0.2, 0) is 11.2 Å². The van der Waals surface area contributed by atoms with Gasteiger partial charge in [0.25, 0.3) is 0 Å². The molecule has 2 aromatic rings. The van der Waals surface area contributed by atoms with Crippen LogP contribution in [0.5, 0.6) is 0 Å². The van der Waals surface area contributed by atoms with Crippen LogP contribution in [0, 0.1) is 0 Å². The van der Waals surface area contributed by atoms with E-state index in [1.165, 1.54) is 12.4 Å². The van der Waals surface area contributed by atoms with Gasteiger partial charge in [-0.1, -0.05) is 36.9 Å². The molecule has 0 aliphatic carbocycles. The zero-order valence-corrected chi connectivity index (χ0v) is 11.2. The SMILES string of the molecule is C=CC(=O)NC(Cc1nccn1C(F)F)c1ccccc1. The molecule has 1 N–H and O–H groups in total. The first-order valence-corrected chi connectivity index (χ1v) is 6.39. The van der Waals surface area contributed by atoms with Gasteiger partial charge in [-0.05, 0) is 11.6 Å². The van der Waals surface area contributed by atoms with Gasteiger partial charge in [0.05, 0.1) is 6.04 Å². The lowest BCUT2D eigenvalue weighted by molar-refractivity contribution is -0.117. The van der Waals surface area contributed by atoms with Crippen molar-refractivity contribution >= 4 is 5.91 Å². The number of carbonyl (C=O) groups is 1. The summed E-state index contributed by atoms with van der Waals surface area (Å²) >= 11 is 0. The van der Waals surface area contributed by atoms with Gasteiger partial charge in [0.15, 0.2) is 0 Å². The summed E-state index contributed by atoms with van der Waals surface area (Å²) in [5, 5.41) is 2.73. The van der Waals surface area contributed by atoms with Crippen molar-refractivity contribution in [2.24, 2.45) is 0 Å². The first-order valence-electron chi connectivity index (χ1n) is 6.39. The highest BCUT2D eigenvalue weighted by Gasteiger charge is 2.19. The van der Waals surface area contributed by atoms with E-state index in [1.54, 1.807) is 0 Å². The van der Waals surface area contributed by atoms with Crippen molar-refractivity contribution < 1.29 is 13.6 Å². The quantitative estimate of drug-likeness (QED) is 0.832. The molecular weight excluding hydrogens is 276 g/mol. The number of hydrogen-bond donors (Lipinski definition) is 1. The number of aromatic nitrogens is 2. The van der Waals surface area contributed by atoms with Gasteiger partial charge in [0.2, 0.25) is 5.91 Å². The normalized spacial score (nSPS) is 12.1. The molecule has 1 amide bonds. The molecule has 0 fully saturated rings. The Bertz CT molecular complexity index is 610. The second kappa shape index (κ2) is 6.78. The van der Waals surface area contributed by atoms with Gasteiger partial charge >= 0.3 is 6.55 Å². The Kier molecular flexibility index (Phi) is 4.81. The van der Waals surface area contributed by atoms with Crippen LogP contribution in [0.25, 0.3) is 0 Å². The summed E-state index contributed by atoms with van der Waals surface area (Å²) in [5.74, 6) is -0.151. The van der Waals surface area contributed by atoms with Crippen molar-refractivity contribution in [2.45, 2.75) is 19.0 Å². The largest absolute Gasteiger partial charge is 0.345 e. The molecule has 0 aliphatic rings. The standard InChI is InChI=1S/C15H15F2N3O/c1-2-14(21)19-12(11-6-4-3-5-7-11)10-13-18-8-9-20(13)15(16)17/h2-9,12,15H,1,10H2,(H,19,21). The molecule has 1 aromatic carbocycles. The van der Waals surface area contributed by atoms with Gasteiger partial charge < -0.3 is 5.32 Å². The molecule has 1 unspecified atom stereocenters. The summed E-state index contributed by atoms with van der Waals surface area (Å²) in [6, 6.07) is 8.68. The van der Waals surface area contributed by atoms with Crippen LogP contribution in [-0.4, -0.2) is 15.5 Å². The third-order valence-electron chi connectivity index (χ3n) is 3.05. The van der Waals surface area contributed by atoms with E-state index in [0.29, 0.717) is 0 Å². The van der Waals surface area contributed by atoms with Gasteiger partial charge in [0.1, 0.15) is 5.82 Å². The molecule has 1 aromatic heterocycles. The highest BCUT2D eigenvalue weighted by atomic mass is 19.3. The smallest absolute Gasteiger partial charge is 0.319 e. The Morgan fingerprint density at radius 3 is 2.71 bits per heavy atom. The number of halogens is 2. The summed E-state index contributed by atoms with van der Waals surface area (Å²) in [6.07, 6.45) is 3.85. The second-order valence-corrected chi connectivity index (χ2v) is 4.41. The van der Waals surface area contributed by atoms with Gasteiger partial charge in [0, 0.05) is 18.8 Å². The number of carbonyl (C=O) groups excluding carboxylic acids is 1. The van der Waals surface area contributed by atoms with E-state index in [0.717, 1.165) is 16.2 Å². The summed E-state index contributed by atoms with van der Waals surface area (Å²) in [7, 11) is 0. The van der Waals surface area contributed by atoms with E-state index in [4.69, 9.17) is 0 Å². The fourth-order valence-corrected chi connectivity index (χ4v) is 2.03. The highest BCUT2D eigenvalue weighted by Crippen LogP contribution is 2.20. The van der Waals surface area contributed by atoms with Crippen LogP contribution in [0.15, 0.2) is 55.4 Å². The number of benzene rings is 1. The predicted octanol–water partition coefficient (Wildman–Crippen LogP) is 2.86. The number of nitrogens with one attached hydrogen (secondary N) is 1. The number of rotatable bonds is 6. The molecular formula is C15H15F2N3O. The summed E-state index contributed by atoms with van der Waals surface area (Å²) in [6.45, 7) is 0.739. The molecule has 0 spiro atoms. The fourth-order valence-electron chi connectivity index (χ4n) is 2.03. The summed E-state index contributed by atoms with van der Waals surface area (Å²) in [5.41, 5.74) is 0.816. The minimum absolute atomic E-state index is 0.168. The molecule has 0 saturated carbocycles. The number of imidazole rings is 1. The highest BCUT2D eigenvalue weighted by molar-refractivity contribution is 5.87. The van der Waals surface area contributed by atoms with E-state index in [2.05, 4.69) is 16.9 Å². The average Bonchev–Trinajstić information content (AvgIpc) is 2.95. The number of alkyl halides is 2. The third-order valence-corrected chi connectivity index (χ3v) is 3.05. The number of nitrogens with zero attached hydrogens (tertiary/aromatic N) is 2. The van der Waals surface area contributed by atoms with E-state index < -0.39 is 12.6 Å². The Morgan fingerprint density at radius 1 is 1.38 bits per heavy atom. The van der Waals surface area contributed by atoms with Crippen LogP contribution in [0.3, 0.4) is 0 Å². The second-order valence-electron chi connectivity index (χ2n) is 4.41. The Morgan fingerprint density at radius 2 is 2.10 bits per heavy atom. The fraction of sp³-hybridized carbons (Fsp3) is 0.200. The molecule has 1 atom stereocenters. The predicted molar refractivity (Wildman–Crippen MR) is 74.7 cm³/mol. The van der Waals surface area contributed by atoms with E-state index in [9.17, 15) is 13.6 Å². The zero-order valence-electron chi connectivity index (χ0n) is 11.2. The van der Waals surface area contributed by atoms with Crippen LogP contribution < -0.4 is 5.32 Å². The van der Waals surface area contributed by atoms with Crippen molar-refractivity contribution in [1.82, 2.24) is 14.9 Å². The van der Waals surface area contributed by atoms with Gasteiger partial charge in [-0.3, -0.25) is 9.36 Å². The van der Waals surface area contributed by atoms with E-state index in [-0.39, 0.29) is 18.2 Å². The Balaban J connectivity index is 2.25. The summed E-state index contributed by atoms with van der Waals surface area (Å²) < 4.78 is 26.5. The molecule has 0 saturated heterocycles. The van der Waals surface area contributed by atoms with Crippen LogP contribution >= 0.6 is 0 Å². The van der Waals surface area contributed by atoms with Crippen molar-refractivity contribution in [3.8, 4) is 0 Å². The first-order chi connectivity index (χ1) is 10.1. The van der Waals surface area contributed by atoms with E-state index >= 15 is 0 Å². The molecule has 4 nitrogen and oxygen atoms in total. The Labute approximate surface area is 121 Å². The maximum atomic E-state index is 12.9. The monoisotopic (exact) mass is 291 g/mol. The molecule has 21 heavy (non-hydrogen) atoms. The van der Waals surface area contributed by atoms with Gasteiger partial charge in [-0.25, -0.2) is 4.98 Å². The number of amides is 1. The molecule has 1 heterocycles. The summed E-state index contributed by atoms with van der Waals surface area (Å²) in [4.78, 5) is 15.5. The van der Waals surface area contributed by atoms with Crippen LogP contribution in [0.1, 0.15) is 24.0 Å². The third kappa shape index (κ3) is 3.75.